The number of hydrogen-bond donors (Lipinski definition) is 1. The summed E-state index contributed by atoms with van der Waals surface area (Å²) in [6, 6.07) is 6.67. The van der Waals surface area contributed by atoms with Crippen molar-refractivity contribution in [2.75, 3.05) is 85.8 Å². The molecule has 0 spiro atoms. The minimum absolute atomic E-state index is 0.0531. The second-order valence-corrected chi connectivity index (χ2v) is 6.65. The Morgan fingerprint density at radius 1 is 0.735 bits per heavy atom. The fraction of sp³-hybridized carbons (Fsp3) is 0.682. The maximum absolute atomic E-state index is 11.7. The van der Waals surface area contributed by atoms with E-state index in [1.165, 1.54) is 0 Å². The van der Waals surface area contributed by atoms with Gasteiger partial charge in [0, 0.05) is 11.5 Å². The van der Waals surface area contributed by atoms with Crippen molar-refractivity contribution in [3.8, 4) is 5.75 Å². The molecule has 0 radical (unpaired) electrons. The average molecular weight is 486 g/mol. The lowest BCUT2D eigenvalue weighted by Gasteiger charge is -2.08. The maximum Gasteiger partial charge on any atom is 0.313 e. The minimum Gasteiger partial charge on any atom is -0.426 e. The van der Waals surface area contributed by atoms with Gasteiger partial charge in [-0.15, -0.1) is 0 Å². The Labute approximate surface area is 199 Å². The third-order valence-corrected chi connectivity index (χ3v) is 4.05. The molecule has 1 N–H and O–H groups in total. The molecule has 192 valence electrons. The first-order chi connectivity index (χ1) is 16.8. The van der Waals surface area contributed by atoms with Crippen molar-refractivity contribution >= 4 is 5.97 Å². The van der Waals surface area contributed by atoms with E-state index >= 15 is 0 Å². The summed E-state index contributed by atoms with van der Waals surface area (Å²) >= 11 is 0. The molecule has 0 atom stereocenters. The van der Waals surface area contributed by atoms with Crippen LogP contribution in [0.25, 0.3) is 10.4 Å². The molecule has 0 unspecified atom stereocenters. The van der Waals surface area contributed by atoms with E-state index in [4.69, 9.17) is 43.8 Å². The second kappa shape index (κ2) is 22.5. The molecule has 0 saturated heterocycles. The van der Waals surface area contributed by atoms with E-state index in [1.54, 1.807) is 24.3 Å². The van der Waals surface area contributed by atoms with Crippen molar-refractivity contribution in [2.24, 2.45) is 5.11 Å². The molecule has 0 heterocycles. The largest absolute Gasteiger partial charge is 0.426 e. The Kier molecular flexibility index (Phi) is 19.7. The number of azide groups is 1. The zero-order chi connectivity index (χ0) is 24.5. The second-order valence-electron chi connectivity index (χ2n) is 6.65. The van der Waals surface area contributed by atoms with Crippen LogP contribution in [-0.2, 0) is 39.8 Å². The van der Waals surface area contributed by atoms with E-state index in [2.05, 4.69) is 10.0 Å². The van der Waals surface area contributed by atoms with Gasteiger partial charge in [0.15, 0.2) is 0 Å². The lowest BCUT2D eigenvalue weighted by molar-refractivity contribution is -0.135. The number of carbonyl (C=O) groups is 1. The number of carbonyl (C=O) groups excluding carboxylic acids is 1. The van der Waals surface area contributed by atoms with Crippen molar-refractivity contribution in [2.45, 2.75) is 13.0 Å². The standard InChI is InChI=1S/C22H35N3O9/c23-25-24-6-8-29-10-12-31-14-16-33-18-17-32-15-13-30-11-9-28-7-5-22(27)34-21-3-1-20(19-26)2-4-21/h1-4,26H,5-19H2. The van der Waals surface area contributed by atoms with Gasteiger partial charge in [0.2, 0.25) is 0 Å². The lowest BCUT2D eigenvalue weighted by atomic mass is 10.2. The van der Waals surface area contributed by atoms with Crippen LogP contribution in [0, 0.1) is 0 Å². The SMILES string of the molecule is [N-]=[N+]=NCCOCCOCCOCCOCCOCCOCCC(=O)Oc1ccc(CO)cc1. The van der Waals surface area contributed by atoms with Gasteiger partial charge in [-0.25, -0.2) is 0 Å². The molecule has 12 nitrogen and oxygen atoms in total. The predicted molar refractivity (Wildman–Crippen MR) is 122 cm³/mol. The van der Waals surface area contributed by atoms with E-state index in [9.17, 15) is 4.79 Å². The molecular formula is C22H35N3O9. The number of hydrogen-bond acceptors (Lipinski definition) is 10. The number of ether oxygens (including phenoxy) is 7. The normalized spacial score (nSPS) is 10.7. The first-order valence-corrected chi connectivity index (χ1v) is 11.1. The molecule has 0 aliphatic heterocycles. The summed E-state index contributed by atoms with van der Waals surface area (Å²) in [7, 11) is 0. The van der Waals surface area contributed by atoms with Crippen LogP contribution in [0.5, 0.6) is 5.75 Å². The summed E-state index contributed by atoms with van der Waals surface area (Å²) < 4.78 is 37.2. The van der Waals surface area contributed by atoms with Crippen LogP contribution in [0.3, 0.4) is 0 Å². The minimum atomic E-state index is -0.382. The molecule has 0 amide bonds. The van der Waals surface area contributed by atoms with Crippen molar-refractivity contribution in [3.05, 3.63) is 40.3 Å². The van der Waals surface area contributed by atoms with Gasteiger partial charge in [0.1, 0.15) is 5.75 Å². The van der Waals surface area contributed by atoms with Crippen LogP contribution in [0.4, 0.5) is 0 Å². The van der Waals surface area contributed by atoms with Gasteiger partial charge < -0.3 is 38.3 Å². The van der Waals surface area contributed by atoms with Crippen molar-refractivity contribution in [1.29, 1.82) is 0 Å². The summed E-state index contributed by atoms with van der Waals surface area (Å²) in [5.74, 6) is 0.0545. The highest BCUT2D eigenvalue weighted by Gasteiger charge is 2.05. The van der Waals surface area contributed by atoms with Crippen LogP contribution in [0.15, 0.2) is 29.4 Å². The lowest BCUT2D eigenvalue weighted by Crippen LogP contribution is -2.15. The molecule has 0 aromatic heterocycles. The fourth-order valence-corrected chi connectivity index (χ4v) is 2.35. The van der Waals surface area contributed by atoms with Gasteiger partial charge in [-0.3, -0.25) is 4.79 Å². The van der Waals surface area contributed by atoms with E-state index in [-0.39, 0.29) is 25.6 Å². The topological polar surface area (TPSA) is 151 Å². The van der Waals surface area contributed by atoms with Crippen molar-refractivity contribution in [3.63, 3.8) is 0 Å². The monoisotopic (exact) mass is 485 g/mol. The molecule has 12 heteroatoms. The van der Waals surface area contributed by atoms with E-state index in [0.29, 0.717) is 85.0 Å². The first kappa shape index (κ1) is 29.8. The quantitative estimate of drug-likeness (QED) is 0.0612. The number of benzene rings is 1. The maximum atomic E-state index is 11.7. The Morgan fingerprint density at radius 2 is 1.18 bits per heavy atom. The molecule has 0 saturated carbocycles. The summed E-state index contributed by atoms with van der Waals surface area (Å²) in [5, 5.41) is 12.3. The van der Waals surface area contributed by atoms with Gasteiger partial charge in [0.05, 0.1) is 92.3 Å². The van der Waals surface area contributed by atoms with Gasteiger partial charge in [-0.2, -0.15) is 0 Å². The smallest absolute Gasteiger partial charge is 0.313 e. The number of aliphatic hydroxyl groups excluding tert-OH is 1. The number of esters is 1. The van der Waals surface area contributed by atoms with E-state index in [1.807, 2.05) is 0 Å². The molecular weight excluding hydrogens is 450 g/mol. The molecule has 1 aromatic rings. The van der Waals surface area contributed by atoms with Crippen molar-refractivity contribution in [1.82, 2.24) is 0 Å². The van der Waals surface area contributed by atoms with Gasteiger partial charge in [0.25, 0.3) is 0 Å². The predicted octanol–water partition coefficient (Wildman–Crippen LogP) is 1.88. The first-order valence-electron chi connectivity index (χ1n) is 11.1. The Hall–Kier alpha value is -2.28. The van der Waals surface area contributed by atoms with Gasteiger partial charge in [-0.1, -0.05) is 17.2 Å². The molecule has 0 bridgehead atoms. The molecule has 1 aromatic carbocycles. The highest BCUT2D eigenvalue weighted by atomic mass is 16.6. The van der Waals surface area contributed by atoms with Crippen LogP contribution in [0.1, 0.15) is 12.0 Å². The zero-order valence-corrected chi connectivity index (χ0v) is 19.5. The Bertz CT molecular complexity index is 670. The molecule has 0 aliphatic rings. The van der Waals surface area contributed by atoms with E-state index < -0.39 is 0 Å². The number of aliphatic hydroxyl groups is 1. The highest BCUT2D eigenvalue weighted by Crippen LogP contribution is 2.12. The van der Waals surface area contributed by atoms with Crippen LogP contribution < -0.4 is 4.74 Å². The zero-order valence-electron chi connectivity index (χ0n) is 19.5. The summed E-state index contributed by atoms with van der Waals surface area (Å²) in [6.07, 6.45) is 0.141. The summed E-state index contributed by atoms with van der Waals surface area (Å²) in [6.45, 7) is 5.36. The van der Waals surface area contributed by atoms with Gasteiger partial charge >= 0.3 is 5.97 Å². The Morgan fingerprint density at radius 3 is 1.62 bits per heavy atom. The van der Waals surface area contributed by atoms with Crippen LogP contribution >= 0.6 is 0 Å². The summed E-state index contributed by atoms with van der Waals surface area (Å²) in [5.41, 5.74) is 8.86. The average Bonchev–Trinajstić information content (AvgIpc) is 2.85. The molecule has 34 heavy (non-hydrogen) atoms. The van der Waals surface area contributed by atoms with Crippen molar-refractivity contribution < 1.29 is 43.1 Å². The number of rotatable bonds is 23. The van der Waals surface area contributed by atoms with Crippen LogP contribution in [0.2, 0.25) is 0 Å². The number of nitrogens with zero attached hydrogens (tertiary/aromatic N) is 3. The molecule has 1 rings (SSSR count). The van der Waals surface area contributed by atoms with Gasteiger partial charge in [-0.05, 0) is 23.2 Å². The van der Waals surface area contributed by atoms with Crippen LogP contribution in [-0.4, -0.2) is 96.9 Å². The third kappa shape index (κ3) is 18.2. The summed E-state index contributed by atoms with van der Waals surface area (Å²) in [4.78, 5) is 14.4. The Balaban J connectivity index is 1.76. The van der Waals surface area contributed by atoms with E-state index in [0.717, 1.165) is 5.56 Å². The fourth-order valence-electron chi connectivity index (χ4n) is 2.35. The third-order valence-electron chi connectivity index (χ3n) is 4.05. The molecule has 0 aliphatic carbocycles. The molecule has 0 fully saturated rings. The highest BCUT2D eigenvalue weighted by molar-refractivity contribution is 5.72.